The van der Waals surface area contributed by atoms with Crippen LogP contribution in [0.5, 0.6) is 0 Å². The second kappa shape index (κ2) is 9.07. The first-order valence-electron chi connectivity index (χ1n) is 9.25. The van der Waals surface area contributed by atoms with Gasteiger partial charge in [0.15, 0.2) is 0 Å². The van der Waals surface area contributed by atoms with Gasteiger partial charge < -0.3 is 10.2 Å². The summed E-state index contributed by atoms with van der Waals surface area (Å²) in [6.07, 6.45) is 0. The van der Waals surface area contributed by atoms with Crippen LogP contribution in [0.3, 0.4) is 0 Å². The summed E-state index contributed by atoms with van der Waals surface area (Å²) >= 11 is 5.93. The van der Waals surface area contributed by atoms with Crippen molar-refractivity contribution in [1.82, 2.24) is 19.4 Å². The maximum atomic E-state index is 12.8. The van der Waals surface area contributed by atoms with E-state index in [0.29, 0.717) is 29.1 Å². The van der Waals surface area contributed by atoms with E-state index in [1.165, 1.54) is 9.13 Å². The highest BCUT2D eigenvalue weighted by Gasteiger charge is 2.15. The summed E-state index contributed by atoms with van der Waals surface area (Å²) < 4.78 is 2.67. The van der Waals surface area contributed by atoms with Crippen LogP contribution in [0.25, 0.3) is 11.0 Å². The molecule has 152 valence electrons. The Morgan fingerprint density at radius 2 is 1.55 bits per heavy atom. The highest BCUT2D eigenvalue weighted by atomic mass is 35.5. The smallest absolute Gasteiger partial charge is 0.317 e. The Hall–Kier alpha value is -2.90. The number of hydrogen-bond acceptors (Lipinski definition) is 4. The third kappa shape index (κ3) is 4.93. The molecular weight excluding hydrogens is 392 g/mol. The molecule has 1 N–H and O–H groups in total. The van der Waals surface area contributed by atoms with E-state index in [-0.39, 0.29) is 19.0 Å². The summed E-state index contributed by atoms with van der Waals surface area (Å²) in [7, 11) is 3.81. The largest absolute Gasteiger partial charge is 0.353 e. The molecule has 1 amide bonds. The second-order valence-corrected chi connectivity index (χ2v) is 7.49. The van der Waals surface area contributed by atoms with Crippen LogP contribution < -0.4 is 16.4 Å². The molecule has 1 aromatic heterocycles. The van der Waals surface area contributed by atoms with Gasteiger partial charge in [-0.15, -0.1) is 0 Å². The van der Waals surface area contributed by atoms with Crippen LogP contribution in [0.2, 0.25) is 5.02 Å². The van der Waals surface area contributed by atoms with Gasteiger partial charge in [0.1, 0.15) is 6.54 Å². The number of nitrogens with zero attached hydrogens (tertiary/aromatic N) is 3. The van der Waals surface area contributed by atoms with Gasteiger partial charge in [-0.05, 0) is 43.9 Å². The van der Waals surface area contributed by atoms with E-state index in [4.69, 9.17) is 11.6 Å². The predicted octanol–water partition coefficient (Wildman–Crippen LogP) is 1.54. The first-order chi connectivity index (χ1) is 13.9. The molecule has 1 heterocycles. The van der Waals surface area contributed by atoms with Crippen molar-refractivity contribution in [3.8, 4) is 0 Å². The van der Waals surface area contributed by atoms with Gasteiger partial charge >= 0.3 is 11.1 Å². The van der Waals surface area contributed by atoms with Crippen molar-refractivity contribution in [2.45, 2.75) is 13.1 Å². The first-order valence-corrected chi connectivity index (χ1v) is 9.63. The number of rotatable bonds is 7. The number of halogens is 1. The normalized spacial score (nSPS) is 11.2. The number of nitrogens with one attached hydrogen (secondary N) is 1. The third-order valence-corrected chi connectivity index (χ3v) is 4.83. The number of likely N-dealkylation sites (N-methyl/N-ethyl adjacent to an activating group) is 1. The number of carbonyl (C=O) groups excluding carboxylic acids is 1. The fourth-order valence-electron chi connectivity index (χ4n) is 3.08. The van der Waals surface area contributed by atoms with Crippen molar-refractivity contribution in [3.63, 3.8) is 0 Å². The van der Waals surface area contributed by atoms with E-state index in [9.17, 15) is 14.4 Å². The molecule has 0 saturated carbocycles. The number of benzene rings is 2. The van der Waals surface area contributed by atoms with Crippen LogP contribution in [0.4, 0.5) is 0 Å². The lowest BCUT2D eigenvalue weighted by atomic mass is 10.2. The molecule has 0 spiro atoms. The molecule has 0 aliphatic rings. The number of aromatic nitrogens is 2. The van der Waals surface area contributed by atoms with Gasteiger partial charge in [0, 0.05) is 18.1 Å². The van der Waals surface area contributed by atoms with E-state index < -0.39 is 11.1 Å². The minimum atomic E-state index is -0.722. The third-order valence-electron chi connectivity index (χ3n) is 4.57. The van der Waals surface area contributed by atoms with Crippen molar-refractivity contribution in [2.24, 2.45) is 0 Å². The van der Waals surface area contributed by atoms with Gasteiger partial charge in [-0.1, -0.05) is 35.9 Å². The Morgan fingerprint density at radius 3 is 2.17 bits per heavy atom. The van der Waals surface area contributed by atoms with Crippen LogP contribution in [-0.2, 0) is 17.9 Å². The highest BCUT2D eigenvalue weighted by molar-refractivity contribution is 6.30. The lowest BCUT2D eigenvalue weighted by Gasteiger charge is -2.15. The Morgan fingerprint density at radius 1 is 0.966 bits per heavy atom. The molecule has 0 radical (unpaired) electrons. The molecule has 0 fully saturated rings. The van der Waals surface area contributed by atoms with Gasteiger partial charge in [0.05, 0.1) is 17.6 Å². The van der Waals surface area contributed by atoms with E-state index in [2.05, 4.69) is 5.32 Å². The zero-order valence-corrected chi connectivity index (χ0v) is 17.1. The summed E-state index contributed by atoms with van der Waals surface area (Å²) in [6, 6.07) is 14.2. The topological polar surface area (TPSA) is 76.3 Å². The number of amides is 1. The molecule has 0 unspecified atom stereocenters. The van der Waals surface area contributed by atoms with Gasteiger partial charge in [-0.25, -0.2) is 0 Å². The van der Waals surface area contributed by atoms with E-state index in [0.717, 1.165) is 5.56 Å². The van der Waals surface area contributed by atoms with Crippen LogP contribution in [0.15, 0.2) is 58.1 Å². The van der Waals surface area contributed by atoms with Crippen LogP contribution in [-0.4, -0.2) is 47.1 Å². The molecular formula is C21H23ClN4O3. The zero-order valence-electron chi connectivity index (χ0n) is 16.4. The van der Waals surface area contributed by atoms with Crippen LogP contribution in [0, 0.1) is 0 Å². The van der Waals surface area contributed by atoms with E-state index in [1.54, 1.807) is 36.4 Å². The zero-order chi connectivity index (χ0) is 21.0. The SMILES string of the molecule is CN(C)CCNC(=O)Cn1c(=O)c(=O)n(Cc2ccc(Cl)cc2)c2ccccc21. The Bertz CT molecular complexity index is 1130. The number of fused-ring (bicyclic) bond motifs is 1. The maximum Gasteiger partial charge on any atom is 0.317 e. The quantitative estimate of drug-likeness (QED) is 0.595. The van der Waals surface area contributed by atoms with Crippen molar-refractivity contribution in [3.05, 3.63) is 79.8 Å². The van der Waals surface area contributed by atoms with Crippen molar-refractivity contribution < 1.29 is 4.79 Å². The number of para-hydroxylation sites is 2. The summed E-state index contributed by atoms with van der Waals surface area (Å²) in [5.74, 6) is -0.311. The molecule has 0 saturated heterocycles. The molecule has 8 heteroatoms. The van der Waals surface area contributed by atoms with Crippen LogP contribution >= 0.6 is 11.6 Å². The summed E-state index contributed by atoms with van der Waals surface area (Å²) in [4.78, 5) is 39.9. The number of carbonyl (C=O) groups is 1. The standard InChI is InChI=1S/C21H23ClN4O3/c1-24(2)12-11-23-19(27)14-26-18-6-4-3-5-17(18)25(20(28)21(26)29)13-15-7-9-16(22)10-8-15/h3-10H,11-14H2,1-2H3,(H,23,27). The monoisotopic (exact) mass is 414 g/mol. The Labute approximate surface area is 173 Å². The predicted molar refractivity (Wildman–Crippen MR) is 115 cm³/mol. The molecule has 29 heavy (non-hydrogen) atoms. The first kappa shape index (κ1) is 20.8. The van der Waals surface area contributed by atoms with E-state index >= 15 is 0 Å². The minimum Gasteiger partial charge on any atom is -0.353 e. The van der Waals surface area contributed by atoms with Gasteiger partial charge in [0.2, 0.25) is 5.91 Å². The van der Waals surface area contributed by atoms with Gasteiger partial charge in [0.25, 0.3) is 0 Å². The Kier molecular flexibility index (Phi) is 6.51. The Balaban J connectivity index is 1.98. The summed E-state index contributed by atoms with van der Waals surface area (Å²) in [5, 5.41) is 3.37. The fourth-order valence-corrected chi connectivity index (χ4v) is 3.20. The molecule has 3 aromatic rings. The van der Waals surface area contributed by atoms with Crippen molar-refractivity contribution >= 4 is 28.5 Å². The minimum absolute atomic E-state index is 0.205. The van der Waals surface area contributed by atoms with Crippen molar-refractivity contribution in [2.75, 3.05) is 27.2 Å². The average Bonchev–Trinajstić information content (AvgIpc) is 2.69. The molecule has 2 aromatic carbocycles. The fraction of sp³-hybridized carbons (Fsp3) is 0.286. The van der Waals surface area contributed by atoms with Gasteiger partial charge in [-0.2, -0.15) is 0 Å². The van der Waals surface area contributed by atoms with Crippen LogP contribution in [0.1, 0.15) is 5.56 Å². The van der Waals surface area contributed by atoms with Crippen molar-refractivity contribution in [1.29, 1.82) is 0 Å². The molecule has 0 aliphatic carbocycles. The summed E-state index contributed by atoms with van der Waals surface area (Å²) in [6.45, 7) is 1.18. The number of hydrogen-bond donors (Lipinski definition) is 1. The van der Waals surface area contributed by atoms with Gasteiger partial charge in [-0.3, -0.25) is 23.5 Å². The molecule has 0 aliphatic heterocycles. The lowest BCUT2D eigenvalue weighted by Crippen LogP contribution is -2.44. The molecule has 0 atom stereocenters. The highest BCUT2D eigenvalue weighted by Crippen LogP contribution is 2.14. The average molecular weight is 415 g/mol. The van der Waals surface area contributed by atoms with E-state index in [1.807, 2.05) is 31.1 Å². The lowest BCUT2D eigenvalue weighted by molar-refractivity contribution is -0.121. The molecule has 3 rings (SSSR count). The second-order valence-electron chi connectivity index (χ2n) is 7.05. The summed E-state index contributed by atoms with van der Waals surface area (Å²) in [5.41, 5.74) is 0.586. The maximum absolute atomic E-state index is 12.8. The molecule has 0 bridgehead atoms. The molecule has 7 nitrogen and oxygen atoms in total.